The fourth-order valence-electron chi connectivity index (χ4n) is 1.26. The number of rotatable bonds is 4. The van der Waals surface area contributed by atoms with Gasteiger partial charge in [0.25, 0.3) is 0 Å². The Morgan fingerprint density at radius 3 is 2.65 bits per heavy atom. The van der Waals surface area contributed by atoms with Crippen LogP contribution in [0, 0.1) is 0 Å². The first-order valence-electron chi connectivity index (χ1n) is 4.80. The summed E-state index contributed by atoms with van der Waals surface area (Å²) in [6.07, 6.45) is 2.36. The van der Waals surface area contributed by atoms with Gasteiger partial charge in [-0.1, -0.05) is 22.0 Å². The molecule has 0 aliphatic heterocycles. The van der Waals surface area contributed by atoms with Crippen LogP contribution in [-0.2, 0) is 4.79 Å². The molecule has 1 N–H and O–H groups in total. The highest BCUT2D eigenvalue weighted by molar-refractivity contribution is 9.10. The van der Waals surface area contributed by atoms with Crippen LogP contribution < -0.4 is 0 Å². The largest absolute Gasteiger partial charge is 0.478 e. The van der Waals surface area contributed by atoms with Gasteiger partial charge >= 0.3 is 5.97 Å². The van der Waals surface area contributed by atoms with Gasteiger partial charge in [0, 0.05) is 16.1 Å². The standard InChI is InChI=1S/C12H10BrClO3/c1-7(14)12(17)10-6-9(13)4-2-8(10)3-5-11(15)16/h2-7H,1H3,(H,15,16)/b5-3+. The molecule has 1 aromatic carbocycles. The predicted molar refractivity (Wildman–Crippen MR) is 70.5 cm³/mol. The van der Waals surface area contributed by atoms with Crippen molar-refractivity contribution < 1.29 is 14.7 Å². The van der Waals surface area contributed by atoms with E-state index in [1.807, 2.05) is 0 Å². The highest BCUT2D eigenvalue weighted by Crippen LogP contribution is 2.20. The zero-order valence-electron chi connectivity index (χ0n) is 8.98. The van der Waals surface area contributed by atoms with Crippen molar-refractivity contribution in [2.75, 3.05) is 0 Å². The van der Waals surface area contributed by atoms with Gasteiger partial charge in [0.1, 0.15) is 0 Å². The molecule has 0 radical (unpaired) electrons. The molecule has 3 nitrogen and oxygen atoms in total. The fourth-order valence-corrected chi connectivity index (χ4v) is 1.74. The van der Waals surface area contributed by atoms with E-state index in [2.05, 4.69) is 15.9 Å². The Kier molecular flexibility index (Phi) is 4.90. The molecule has 0 aliphatic rings. The van der Waals surface area contributed by atoms with Gasteiger partial charge in [-0.3, -0.25) is 4.79 Å². The quantitative estimate of drug-likeness (QED) is 0.526. The minimum Gasteiger partial charge on any atom is -0.478 e. The smallest absolute Gasteiger partial charge is 0.328 e. The lowest BCUT2D eigenvalue weighted by atomic mass is 10.0. The van der Waals surface area contributed by atoms with E-state index in [-0.39, 0.29) is 5.78 Å². The number of carbonyl (C=O) groups is 2. The molecule has 90 valence electrons. The first-order valence-corrected chi connectivity index (χ1v) is 6.03. The number of Topliss-reactive ketones (excluding diaryl/α,β-unsaturated/α-hetero) is 1. The summed E-state index contributed by atoms with van der Waals surface area (Å²) in [5, 5.41) is 7.91. The molecule has 0 saturated carbocycles. The van der Waals surface area contributed by atoms with Crippen molar-refractivity contribution >= 4 is 45.4 Å². The monoisotopic (exact) mass is 316 g/mol. The summed E-state index contributed by atoms with van der Waals surface area (Å²) in [6.45, 7) is 1.58. The molecule has 1 aromatic rings. The highest BCUT2D eigenvalue weighted by atomic mass is 79.9. The van der Waals surface area contributed by atoms with Gasteiger partial charge in [-0.2, -0.15) is 0 Å². The minimum absolute atomic E-state index is 0.238. The van der Waals surface area contributed by atoms with Crippen molar-refractivity contribution in [3.05, 3.63) is 39.9 Å². The van der Waals surface area contributed by atoms with Crippen LogP contribution in [0.3, 0.4) is 0 Å². The zero-order valence-corrected chi connectivity index (χ0v) is 11.3. The maximum absolute atomic E-state index is 11.8. The molecule has 0 amide bonds. The molecule has 1 atom stereocenters. The number of carboxylic acids is 1. The third-order valence-electron chi connectivity index (χ3n) is 2.05. The minimum atomic E-state index is -1.06. The maximum Gasteiger partial charge on any atom is 0.328 e. The Morgan fingerprint density at radius 1 is 1.47 bits per heavy atom. The summed E-state index contributed by atoms with van der Waals surface area (Å²) in [5.41, 5.74) is 0.937. The molecular formula is C12H10BrClO3. The number of carbonyl (C=O) groups excluding carboxylic acids is 1. The van der Waals surface area contributed by atoms with Gasteiger partial charge in [-0.25, -0.2) is 4.79 Å². The number of ketones is 1. The number of benzene rings is 1. The lowest BCUT2D eigenvalue weighted by Crippen LogP contribution is -2.12. The van der Waals surface area contributed by atoms with Gasteiger partial charge in [0.2, 0.25) is 0 Å². The van der Waals surface area contributed by atoms with E-state index in [0.29, 0.717) is 11.1 Å². The van der Waals surface area contributed by atoms with Crippen molar-refractivity contribution in [2.24, 2.45) is 0 Å². The van der Waals surface area contributed by atoms with Gasteiger partial charge < -0.3 is 5.11 Å². The molecule has 1 unspecified atom stereocenters. The zero-order chi connectivity index (χ0) is 13.0. The van der Waals surface area contributed by atoms with E-state index in [9.17, 15) is 9.59 Å². The second kappa shape index (κ2) is 5.98. The van der Waals surface area contributed by atoms with E-state index in [1.165, 1.54) is 6.08 Å². The van der Waals surface area contributed by atoms with Crippen LogP contribution in [-0.4, -0.2) is 22.2 Å². The summed E-state index contributed by atoms with van der Waals surface area (Å²) < 4.78 is 0.741. The van der Waals surface area contributed by atoms with Gasteiger partial charge in [-0.15, -0.1) is 11.6 Å². The normalized spacial score (nSPS) is 12.6. The van der Waals surface area contributed by atoms with E-state index >= 15 is 0 Å². The van der Waals surface area contributed by atoms with Crippen molar-refractivity contribution in [3.63, 3.8) is 0 Å². The summed E-state index contributed by atoms with van der Waals surface area (Å²) in [7, 11) is 0. The van der Waals surface area contributed by atoms with E-state index in [0.717, 1.165) is 10.5 Å². The molecule has 0 aliphatic carbocycles. The number of carboxylic acid groups (broad SMARTS) is 1. The fraction of sp³-hybridized carbons (Fsp3) is 0.167. The Labute approximate surface area is 112 Å². The molecule has 0 saturated heterocycles. The Morgan fingerprint density at radius 2 is 2.12 bits per heavy atom. The van der Waals surface area contributed by atoms with Crippen LogP contribution in [0.25, 0.3) is 6.08 Å². The maximum atomic E-state index is 11.8. The Hall–Kier alpha value is -1.13. The van der Waals surface area contributed by atoms with Crippen molar-refractivity contribution in [1.29, 1.82) is 0 Å². The first-order chi connectivity index (χ1) is 7.91. The average molecular weight is 318 g/mol. The molecular weight excluding hydrogens is 307 g/mol. The Balaban J connectivity index is 3.21. The molecule has 0 bridgehead atoms. The molecule has 0 spiro atoms. The van der Waals surface area contributed by atoms with Crippen LogP contribution >= 0.6 is 27.5 Å². The Bertz CT molecular complexity index is 481. The van der Waals surface area contributed by atoms with E-state index in [4.69, 9.17) is 16.7 Å². The SMILES string of the molecule is CC(Cl)C(=O)c1cc(Br)ccc1/C=C/C(=O)O. The van der Waals surface area contributed by atoms with Gasteiger partial charge in [0.15, 0.2) is 5.78 Å². The van der Waals surface area contributed by atoms with Crippen LogP contribution in [0.2, 0.25) is 0 Å². The second-order valence-electron chi connectivity index (χ2n) is 3.38. The predicted octanol–water partition coefficient (Wildman–Crippen LogP) is 3.36. The lowest BCUT2D eigenvalue weighted by molar-refractivity contribution is -0.131. The van der Waals surface area contributed by atoms with Crippen LogP contribution in [0.1, 0.15) is 22.8 Å². The molecule has 5 heteroatoms. The molecule has 0 heterocycles. The molecule has 0 aromatic heterocycles. The van der Waals surface area contributed by atoms with Crippen LogP contribution in [0.15, 0.2) is 28.7 Å². The number of alkyl halides is 1. The number of hydrogen-bond donors (Lipinski definition) is 1. The summed E-state index contributed by atoms with van der Waals surface area (Å²) in [4.78, 5) is 22.3. The average Bonchev–Trinajstić information content (AvgIpc) is 2.26. The van der Waals surface area contributed by atoms with E-state index in [1.54, 1.807) is 25.1 Å². The topological polar surface area (TPSA) is 54.4 Å². The highest BCUT2D eigenvalue weighted by Gasteiger charge is 2.15. The third-order valence-corrected chi connectivity index (χ3v) is 2.74. The summed E-state index contributed by atoms with van der Waals surface area (Å²) in [5.74, 6) is -1.30. The van der Waals surface area contributed by atoms with Crippen molar-refractivity contribution in [2.45, 2.75) is 12.3 Å². The van der Waals surface area contributed by atoms with Gasteiger partial charge in [0.05, 0.1) is 5.38 Å². The summed E-state index contributed by atoms with van der Waals surface area (Å²) >= 11 is 9.00. The summed E-state index contributed by atoms with van der Waals surface area (Å²) in [6, 6.07) is 5.02. The molecule has 0 fully saturated rings. The van der Waals surface area contributed by atoms with Crippen molar-refractivity contribution in [1.82, 2.24) is 0 Å². The van der Waals surface area contributed by atoms with Gasteiger partial charge in [-0.05, 0) is 30.7 Å². The number of hydrogen-bond acceptors (Lipinski definition) is 2. The molecule has 17 heavy (non-hydrogen) atoms. The van der Waals surface area contributed by atoms with Crippen LogP contribution in [0.4, 0.5) is 0 Å². The van der Waals surface area contributed by atoms with E-state index < -0.39 is 11.3 Å². The van der Waals surface area contributed by atoms with Crippen LogP contribution in [0.5, 0.6) is 0 Å². The number of aliphatic carboxylic acids is 1. The number of halogens is 2. The second-order valence-corrected chi connectivity index (χ2v) is 4.95. The third kappa shape index (κ3) is 3.98. The first kappa shape index (κ1) is 13.9. The molecule has 1 rings (SSSR count). The van der Waals surface area contributed by atoms with Crippen molar-refractivity contribution in [3.8, 4) is 0 Å². The lowest BCUT2D eigenvalue weighted by Gasteiger charge is -2.07.